The van der Waals surface area contributed by atoms with Crippen molar-refractivity contribution in [3.8, 4) is 0 Å². The summed E-state index contributed by atoms with van der Waals surface area (Å²) < 4.78 is 0. The summed E-state index contributed by atoms with van der Waals surface area (Å²) in [7, 11) is 2.01. The van der Waals surface area contributed by atoms with E-state index in [-0.39, 0.29) is 0 Å². The highest BCUT2D eigenvalue weighted by Gasteiger charge is 2.20. The molecule has 0 saturated carbocycles. The molecule has 60 valence electrons. The molecular weight excluding hydrogens is 156 g/mol. The van der Waals surface area contributed by atoms with E-state index in [2.05, 4.69) is 10.3 Å². The van der Waals surface area contributed by atoms with Crippen LogP contribution in [0.1, 0.15) is 29.5 Å². The summed E-state index contributed by atoms with van der Waals surface area (Å²) in [5.41, 5.74) is 3.25. The van der Waals surface area contributed by atoms with Crippen LogP contribution in [0.25, 0.3) is 0 Å². The highest BCUT2D eigenvalue weighted by Crippen LogP contribution is 2.30. The Morgan fingerprint density at radius 2 is 2.64 bits per heavy atom. The Labute approximate surface area is 70.7 Å². The lowest BCUT2D eigenvalue weighted by molar-refractivity contribution is 0.490. The van der Waals surface area contributed by atoms with Crippen molar-refractivity contribution < 1.29 is 0 Å². The van der Waals surface area contributed by atoms with Gasteiger partial charge in [0.1, 0.15) is 0 Å². The van der Waals surface area contributed by atoms with Gasteiger partial charge in [-0.3, -0.25) is 0 Å². The summed E-state index contributed by atoms with van der Waals surface area (Å²) in [6, 6.07) is 0.519. The zero-order valence-electron chi connectivity index (χ0n) is 6.63. The number of thiazole rings is 1. The SMILES string of the molecule is CN[C@H]1CCCc2scnc21. The number of fused-ring (bicyclic) bond motifs is 1. The molecule has 1 heterocycles. The maximum Gasteiger partial charge on any atom is 0.0798 e. The quantitative estimate of drug-likeness (QED) is 0.691. The van der Waals surface area contributed by atoms with Gasteiger partial charge in [0, 0.05) is 4.88 Å². The summed E-state index contributed by atoms with van der Waals surface area (Å²) in [6.07, 6.45) is 3.78. The lowest BCUT2D eigenvalue weighted by Gasteiger charge is -2.19. The molecule has 3 heteroatoms. The molecule has 11 heavy (non-hydrogen) atoms. The Bertz CT molecular complexity index is 244. The Balaban J connectivity index is 2.32. The van der Waals surface area contributed by atoms with E-state index in [1.807, 2.05) is 12.6 Å². The molecule has 0 radical (unpaired) electrons. The van der Waals surface area contributed by atoms with Gasteiger partial charge in [-0.2, -0.15) is 0 Å². The molecular formula is C8H12N2S. The molecule has 1 aromatic heterocycles. The Kier molecular flexibility index (Phi) is 1.92. The van der Waals surface area contributed by atoms with Gasteiger partial charge in [0.2, 0.25) is 0 Å². The fourth-order valence-electron chi connectivity index (χ4n) is 1.63. The molecule has 0 spiro atoms. The highest BCUT2D eigenvalue weighted by atomic mass is 32.1. The summed E-state index contributed by atoms with van der Waals surface area (Å²) in [6.45, 7) is 0. The molecule has 0 amide bonds. The van der Waals surface area contributed by atoms with E-state index >= 15 is 0 Å². The van der Waals surface area contributed by atoms with Crippen LogP contribution < -0.4 is 5.32 Å². The van der Waals surface area contributed by atoms with Crippen LogP contribution in [0.15, 0.2) is 5.51 Å². The molecule has 2 nitrogen and oxygen atoms in total. The monoisotopic (exact) mass is 168 g/mol. The van der Waals surface area contributed by atoms with Gasteiger partial charge in [0.05, 0.1) is 17.2 Å². The minimum atomic E-state index is 0.519. The van der Waals surface area contributed by atoms with Gasteiger partial charge >= 0.3 is 0 Å². The number of nitrogens with one attached hydrogen (secondary N) is 1. The number of aryl methyl sites for hydroxylation is 1. The van der Waals surface area contributed by atoms with E-state index in [1.165, 1.54) is 29.8 Å². The highest BCUT2D eigenvalue weighted by molar-refractivity contribution is 7.09. The molecule has 0 saturated heterocycles. The average Bonchev–Trinajstić information content (AvgIpc) is 2.50. The van der Waals surface area contributed by atoms with E-state index in [1.54, 1.807) is 11.3 Å². The third kappa shape index (κ3) is 1.19. The zero-order valence-corrected chi connectivity index (χ0v) is 7.45. The number of aromatic nitrogens is 1. The summed E-state index contributed by atoms with van der Waals surface area (Å²) in [5, 5.41) is 3.29. The number of nitrogens with zero attached hydrogens (tertiary/aromatic N) is 1. The minimum absolute atomic E-state index is 0.519. The summed E-state index contributed by atoms with van der Waals surface area (Å²) in [5.74, 6) is 0. The second kappa shape index (κ2) is 2.91. The fraction of sp³-hybridized carbons (Fsp3) is 0.625. The van der Waals surface area contributed by atoms with Crippen LogP contribution in [0.3, 0.4) is 0 Å². The van der Waals surface area contributed by atoms with Crippen molar-refractivity contribution in [2.75, 3.05) is 7.05 Å². The predicted molar refractivity (Wildman–Crippen MR) is 46.9 cm³/mol. The first kappa shape index (κ1) is 7.25. The van der Waals surface area contributed by atoms with Crippen molar-refractivity contribution in [1.29, 1.82) is 0 Å². The molecule has 1 atom stereocenters. The third-order valence-electron chi connectivity index (χ3n) is 2.25. The fourth-order valence-corrected chi connectivity index (χ4v) is 2.51. The van der Waals surface area contributed by atoms with Crippen molar-refractivity contribution in [2.24, 2.45) is 0 Å². The van der Waals surface area contributed by atoms with Gasteiger partial charge in [0.15, 0.2) is 0 Å². The van der Waals surface area contributed by atoms with Crippen molar-refractivity contribution in [1.82, 2.24) is 10.3 Å². The maximum absolute atomic E-state index is 4.37. The van der Waals surface area contributed by atoms with Gasteiger partial charge in [-0.1, -0.05) is 0 Å². The molecule has 1 N–H and O–H groups in total. The molecule has 0 aliphatic heterocycles. The van der Waals surface area contributed by atoms with E-state index in [9.17, 15) is 0 Å². The lowest BCUT2D eigenvalue weighted by Crippen LogP contribution is -2.20. The smallest absolute Gasteiger partial charge is 0.0798 e. The predicted octanol–water partition coefficient (Wildman–Crippen LogP) is 1.74. The molecule has 0 aromatic carbocycles. The lowest BCUT2D eigenvalue weighted by atomic mass is 9.98. The molecule has 0 unspecified atom stereocenters. The molecule has 1 aliphatic rings. The second-order valence-electron chi connectivity index (χ2n) is 2.89. The normalized spacial score (nSPS) is 23.2. The minimum Gasteiger partial charge on any atom is -0.312 e. The van der Waals surface area contributed by atoms with Gasteiger partial charge < -0.3 is 5.32 Å². The van der Waals surface area contributed by atoms with E-state index in [0.717, 1.165) is 0 Å². The van der Waals surface area contributed by atoms with Gasteiger partial charge in [-0.15, -0.1) is 11.3 Å². The Hall–Kier alpha value is -0.410. The number of hydrogen-bond donors (Lipinski definition) is 1. The van der Waals surface area contributed by atoms with Crippen LogP contribution in [0.5, 0.6) is 0 Å². The molecule has 1 aromatic rings. The van der Waals surface area contributed by atoms with Crippen LogP contribution in [0.4, 0.5) is 0 Å². The van der Waals surface area contributed by atoms with E-state index < -0.39 is 0 Å². The number of hydrogen-bond acceptors (Lipinski definition) is 3. The van der Waals surface area contributed by atoms with Gasteiger partial charge in [-0.05, 0) is 26.3 Å². The molecule has 2 rings (SSSR count). The maximum atomic E-state index is 4.37. The van der Waals surface area contributed by atoms with Crippen LogP contribution in [0, 0.1) is 0 Å². The van der Waals surface area contributed by atoms with Crippen LogP contribution in [-0.2, 0) is 6.42 Å². The third-order valence-corrected chi connectivity index (χ3v) is 3.16. The van der Waals surface area contributed by atoms with Crippen LogP contribution in [-0.4, -0.2) is 12.0 Å². The number of rotatable bonds is 1. The molecule has 0 fully saturated rings. The summed E-state index contributed by atoms with van der Waals surface area (Å²) in [4.78, 5) is 5.85. The van der Waals surface area contributed by atoms with Crippen molar-refractivity contribution in [3.05, 3.63) is 16.1 Å². The topological polar surface area (TPSA) is 24.9 Å². The van der Waals surface area contributed by atoms with Crippen molar-refractivity contribution in [3.63, 3.8) is 0 Å². The van der Waals surface area contributed by atoms with Crippen molar-refractivity contribution >= 4 is 11.3 Å². The van der Waals surface area contributed by atoms with E-state index in [0.29, 0.717) is 6.04 Å². The first-order valence-electron chi connectivity index (χ1n) is 4.01. The average molecular weight is 168 g/mol. The largest absolute Gasteiger partial charge is 0.312 e. The Morgan fingerprint density at radius 3 is 3.45 bits per heavy atom. The zero-order chi connectivity index (χ0) is 7.68. The molecule has 1 aliphatic carbocycles. The van der Waals surface area contributed by atoms with Gasteiger partial charge in [0.25, 0.3) is 0 Å². The van der Waals surface area contributed by atoms with Gasteiger partial charge in [-0.25, -0.2) is 4.98 Å². The van der Waals surface area contributed by atoms with E-state index in [4.69, 9.17) is 0 Å². The standard InChI is InChI=1S/C8H12N2S/c1-9-6-3-2-4-7-8(6)10-5-11-7/h5-6,9H,2-4H2,1H3/t6-/m0/s1. The van der Waals surface area contributed by atoms with Crippen LogP contribution >= 0.6 is 11.3 Å². The first-order chi connectivity index (χ1) is 5.42. The second-order valence-corrected chi connectivity index (χ2v) is 3.83. The summed E-state index contributed by atoms with van der Waals surface area (Å²) >= 11 is 1.79. The Morgan fingerprint density at radius 1 is 1.73 bits per heavy atom. The molecule has 0 bridgehead atoms. The van der Waals surface area contributed by atoms with Crippen molar-refractivity contribution in [2.45, 2.75) is 25.3 Å². The van der Waals surface area contributed by atoms with Crippen LogP contribution in [0.2, 0.25) is 0 Å². The first-order valence-corrected chi connectivity index (χ1v) is 4.89.